The number of para-hydroxylation sites is 2. The highest BCUT2D eigenvalue weighted by molar-refractivity contribution is 6.09. The van der Waals surface area contributed by atoms with Gasteiger partial charge in [0.2, 0.25) is 5.75 Å². The van der Waals surface area contributed by atoms with Gasteiger partial charge in [-0.3, -0.25) is 19.9 Å². The highest BCUT2D eigenvalue weighted by Gasteiger charge is 2.20. The van der Waals surface area contributed by atoms with E-state index in [0.29, 0.717) is 17.0 Å². The summed E-state index contributed by atoms with van der Waals surface area (Å²) in [7, 11) is 0. The van der Waals surface area contributed by atoms with Crippen molar-refractivity contribution in [2.45, 2.75) is 0 Å². The summed E-state index contributed by atoms with van der Waals surface area (Å²) in [6.07, 6.45) is 1.70. The summed E-state index contributed by atoms with van der Waals surface area (Å²) in [5.41, 5.74) is 3.54. The molecule has 0 radical (unpaired) electrons. The molecule has 0 spiro atoms. The number of benzene rings is 4. The van der Waals surface area contributed by atoms with Crippen LogP contribution in [0.15, 0.2) is 103 Å². The van der Waals surface area contributed by atoms with Gasteiger partial charge < -0.3 is 4.74 Å². The number of rotatable bonds is 6. The minimum Gasteiger partial charge on any atom is -0.450 e. The molecular weight excluding hydrogens is 430 g/mol. The number of carbonyl (C=O) groups is 1. The number of aromatic nitrogens is 2. The fourth-order valence-electron chi connectivity index (χ4n) is 3.56. The number of hydrogen-bond donors (Lipinski definition) is 0. The second-order valence-electron chi connectivity index (χ2n) is 7.51. The van der Waals surface area contributed by atoms with E-state index in [-0.39, 0.29) is 22.8 Å². The van der Waals surface area contributed by atoms with Crippen molar-refractivity contribution in [3.63, 3.8) is 0 Å². The van der Waals surface area contributed by atoms with Gasteiger partial charge in [-0.2, -0.15) is 0 Å². The Bertz CT molecular complexity index is 1520. The lowest BCUT2D eigenvalue weighted by molar-refractivity contribution is -0.385. The number of nitro groups is 1. The van der Waals surface area contributed by atoms with Crippen LogP contribution < -0.4 is 4.74 Å². The fourth-order valence-corrected chi connectivity index (χ4v) is 3.56. The van der Waals surface area contributed by atoms with Crippen LogP contribution in [0.3, 0.4) is 0 Å². The van der Waals surface area contributed by atoms with Crippen LogP contribution in [-0.2, 0) is 0 Å². The molecule has 0 unspecified atom stereocenters. The molecule has 1 aromatic heterocycles. The topological polar surface area (TPSA) is 95.2 Å². The van der Waals surface area contributed by atoms with Gasteiger partial charge in [0.1, 0.15) is 5.75 Å². The predicted octanol–water partition coefficient (Wildman–Crippen LogP) is 6.23. The Hall–Kier alpha value is -4.91. The Kier molecular flexibility index (Phi) is 5.50. The second kappa shape index (κ2) is 8.91. The predicted molar refractivity (Wildman–Crippen MR) is 128 cm³/mol. The lowest BCUT2D eigenvalue weighted by Crippen LogP contribution is -2.03. The van der Waals surface area contributed by atoms with E-state index < -0.39 is 4.92 Å². The maximum Gasteiger partial charge on any atom is 0.312 e. The number of nitro benzene ring substituents is 1. The van der Waals surface area contributed by atoms with E-state index in [0.717, 1.165) is 16.6 Å². The Morgan fingerprint density at radius 2 is 1.50 bits per heavy atom. The van der Waals surface area contributed by atoms with Crippen LogP contribution in [0.1, 0.15) is 15.9 Å². The standard InChI is InChI=1S/C27H17N3O4/c31-27(19-6-2-1-3-7-19)20-12-15-26(25(16-20)30(32)33)34-21-13-10-18(11-14-21)24-17-28-22-8-4-5-9-23(22)29-24/h1-17H. The maximum atomic E-state index is 12.7. The zero-order chi connectivity index (χ0) is 23.5. The third kappa shape index (κ3) is 4.22. The first kappa shape index (κ1) is 21.0. The third-order valence-electron chi connectivity index (χ3n) is 5.28. The quantitative estimate of drug-likeness (QED) is 0.174. The van der Waals surface area contributed by atoms with Crippen molar-refractivity contribution < 1.29 is 14.5 Å². The largest absolute Gasteiger partial charge is 0.450 e. The average molecular weight is 447 g/mol. The summed E-state index contributed by atoms with van der Waals surface area (Å²) in [6, 6.07) is 27.5. The van der Waals surface area contributed by atoms with Gasteiger partial charge >= 0.3 is 5.69 Å². The number of fused-ring (bicyclic) bond motifs is 1. The smallest absolute Gasteiger partial charge is 0.312 e. The van der Waals surface area contributed by atoms with E-state index in [4.69, 9.17) is 4.74 Å². The lowest BCUT2D eigenvalue weighted by Gasteiger charge is -2.09. The van der Waals surface area contributed by atoms with E-state index in [1.165, 1.54) is 18.2 Å². The molecule has 5 aromatic rings. The lowest BCUT2D eigenvalue weighted by atomic mass is 10.0. The highest BCUT2D eigenvalue weighted by Crippen LogP contribution is 2.33. The first-order chi connectivity index (χ1) is 16.6. The molecule has 164 valence electrons. The molecule has 0 saturated carbocycles. The SMILES string of the molecule is O=C(c1ccccc1)c1ccc(Oc2ccc(-c3cnc4ccccc4n3)cc2)c([N+](=O)[O-])c1. The average Bonchev–Trinajstić information content (AvgIpc) is 2.89. The maximum absolute atomic E-state index is 12.7. The first-order valence-corrected chi connectivity index (χ1v) is 10.5. The van der Waals surface area contributed by atoms with Gasteiger partial charge in [0.25, 0.3) is 0 Å². The Morgan fingerprint density at radius 1 is 0.794 bits per heavy atom. The van der Waals surface area contributed by atoms with Gasteiger partial charge in [0.05, 0.1) is 27.8 Å². The third-order valence-corrected chi connectivity index (χ3v) is 5.28. The van der Waals surface area contributed by atoms with Crippen LogP contribution in [0.4, 0.5) is 5.69 Å². The van der Waals surface area contributed by atoms with Crippen molar-refractivity contribution in [3.05, 3.63) is 124 Å². The molecule has 7 heteroatoms. The highest BCUT2D eigenvalue weighted by atomic mass is 16.6. The van der Waals surface area contributed by atoms with E-state index in [9.17, 15) is 14.9 Å². The van der Waals surface area contributed by atoms with Crippen molar-refractivity contribution in [2.75, 3.05) is 0 Å². The van der Waals surface area contributed by atoms with Crippen LogP contribution in [0.5, 0.6) is 11.5 Å². The molecular formula is C27H17N3O4. The molecule has 0 amide bonds. The number of ketones is 1. The van der Waals surface area contributed by atoms with Crippen molar-refractivity contribution in [2.24, 2.45) is 0 Å². The summed E-state index contributed by atoms with van der Waals surface area (Å²) in [6.45, 7) is 0. The molecule has 0 bridgehead atoms. The normalized spacial score (nSPS) is 10.7. The number of carbonyl (C=O) groups excluding carboxylic acids is 1. The van der Waals surface area contributed by atoms with E-state index in [1.54, 1.807) is 48.7 Å². The van der Waals surface area contributed by atoms with Crippen molar-refractivity contribution in [1.29, 1.82) is 0 Å². The number of ether oxygens (including phenoxy) is 1. The van der Waals surface area contributed by atoms with Gasteiger partial charge in [0.15, 0.2) is 5.78 Å². The van der Waals surface area contributed by atoms with Crippen LogP contribution in [-0.4, -0.2) is 20.7 Å². The molecule has 0 N–H and O–H groups in total. The monoisotopic (exact) mass is 447 g/mol. The van der Waals surface area contributed by atoms with E-state index in [1.807, 2.05) is 36.4 Å². The number of hydrogen-bond acceptors (Lipinski definition) is 6. The van der Waals surface area contributed by atoms with Crippen LogP contribution in [0.2, 0.25) is 0 Å². The van der Waals surface area contributed by atoms with Gasteiger partial charge in [-0.1, -0.05) is 42.5 Å². The van der Waals surface area contributed by atoms with Crippen molar-refractivity contribution in [3.8, 4) is 22.8 Å². The molecule has 7 nitrogen and oxygen atoms in total. The Balaban J connectivity index is 1.40. The second-order valence-corrected chi connectivity index (χ2v) is 7.51. The molecule has 34 heavy (non-hydrogen) atoms. The zero-order valence-corrected chi connectivity index (χ0v) is 17.8. The van der Waals surface area contributed by atoms with Gasteiger partial charge in [0, 0.05) is 22.8 Å². The molecule has 5 rings (SSSR count). The van der Waals surface area contributed by atoms with Crippen molar-refractivity contribution >= 4 is 22.5 Å². The molecule has 4 aromatic carbocycles. The molecule has 0 atom stereocenters. The summed E-state index contributed by atoms with van der Waals surface area (Å²) < 4.78 is 5.78. The van der Waals surface area contributed by atoms with Gasteiger partial charge in [-0.05, 0) is 48.5 Å². The fraction of sp³-hybridized carbons (Fsp3) is 0. The van der Waals surface area contributed by atoms with Crippen LogP contribution >= 0.6 is 0 Å². The summed E-state index contributed by atoms with van der Waals surface area (Å²) in [5, 5.41) is 11.7. The molecule has 0 saturated heterocycles. The molecule has 1 heterocycles. The molecule has 0 aliphatic carbocycles. The summed E-state index contributed by atoms with van der Waals surface area (Å²) >= 11 is 0. The minimum atomic E-state index is -0.559. The molecule has 0 fully saturated rings. The van der Waals surface area contributed by atoms with Crippen molar-refractivity contribution in [1.82, 2.24) is 9.97 Å². The first-order valence-electron chi connectivity index (χ1n) is 10.5. The zero-order valence-electron chi connectivity index (χ0n) is 17.8. The van der Waals surface area contributed by atoms with E-state index in [2.05, 4.69) is 9.97 Å². The number of nitrogens with zero attached hydrogens (tertiary/aromatic N) is 3. The van der Waals surface area contributed by atoms with Crippen LogP contribution in [0.25, 0.3) is 22.3 Å². The van der Waals surface area contributed by atoms with Gasteiger partial charge in [-0.15, -0.1) is 0 Å². The Labute approximate surface area is 194 Å². The molecule has 0 aliphatic heterocycles. The van der Waals surface area contributed by atoms with Crippen LogP contribution in [0, 0.1) is 10.1 Å². The molecule has 0 aliphatic rings. The van der Waals surface area contributed by atoms with E-state index >= 15 is 0 Å². The minimum absolute atomic E-state index is 0.0489. The summed E-state index contributed by atoms with van der Waals surface area (Å²) in [4.78, 5) is 32.8. The van der Waals surface area contributed by atoms with Gasteiger partial charge in [-0.25, -0.2) is 4.98 Å². The Morgan fingerprint density at radius 3 is 2.24 bits per heavy atom. The summed E-state index contributed by atoms with van der Waals surface area (Å²) in [5.74, 6) is 0.173.